The smallest absolute Gasteiger partial charge is 0.472 e. The van der Waals surface area contributed by atoms with Gasteiger partial charge in [-0.15, -0.1) is 0 Å². The number of carboxylic acid groups (broad SMARTS) is 1. The van der Waals surface area contributed by atoms with Crippen LogP contribution in [-0.2, 0) is 32.7 Å². The van der Waals surface area contributed by atoms with E-state index in [1.165, 1.54) is 0 Å². The second-order valence-corrected chi connectivity index (χ2v) is 6.19. The van der Waals surface area contributed by atoms with Gasteiger partial charge >= 0.3 is 19.8 Å². The number of rotatable bonds is 12. The van der Waals surface area contributed by atoms with Crippen LogP contribution in [0.25, 0.3) is 0 Å². The molecular weight excluding hydrogens is 349 g/mol. The molecule has 12 heteroatoms. The third kappa shape index (κ3) is 11.1. The Morgan fingerprint density at radius 3 is 2.25 bits per heavy atom. The third-order valence-corrected chi connectivity index (χ3v) is 3.35. The van der Waals surface area contributed by atoms with Gasteiger partial charge < -0.3 is 25.2 Å². The second-order valence-electron chi connectivity index (χ2n) is 4.74. The standard InChI is InChI=1S/C12H22NO10P/c1-3-4-11(16)21-5-9(15)6-22-24(19,20)23-7-10(12(17)18)13-8(2)14/h9-10,15H,3-7H2,1-2H3,(H,13,14)(H,17,18)(H,19,20). The number of phosphoric acid groups is 1. The van der Waals surface area contributed by atoms with Crippen molar-refractivity contribution in [2.45, 2.75) is 38.8 Å². The van der Waals surface area contributed by atoms with Crippen molar-refractivity contribution in [2.75, 3.05) is 19.8 Å². The van der Waals surface area contributed by atoms with Gasteiger partial charge in [-0.2, -0.15) is 0 Å². The molecule has 140 valence electrons. The molecule has 0 aromatic rings. The number of aliphatic hydroxyl groups excluding tert-OH is 1. The number of hydrogen-bond donors (Lipinski definition) is 4. The maximum atomic E-state index is 11.6. The molecule has 0 aromatic carbocycles. The Morgan fingerprint density at radius 1 is 1.17 bits per heavy atom. The van der Waals surface area contributed by atoms with Gasteiger partial charge in [0.1, 0.15) is 12.7 Å². The van der Waals surface area contributed by atoms with Crippen molar-refractivity contribution < 1.29 is 47.8 Å². The Kier molecular flexibility index (Phi) is 10.4. The lowest BCUT2D eigenvalue weighted by atomic mass is 10.3. The summed E-state index contributed by atoms with van der Waals surface area (Å²) in [4.78, 5) is 42.1. The van der Waals surface area contributed by atoms with Crippen LogP contribution in [0.3, 0.4) is 0 Å². The Bertz CT molecular complexity index is 482. The van der Waals surface area contributed by atoms with Crippen molar-refractivity contribution >= 4 is 25.7 Å². The fraction of sp³-hybridized carbons (Fsp3) is 0.750. The second kappa shape index (κ2) is 11.1. The number of hydrogen-bond acceptors (Lipinski definition) is 8. The lowest BCUT2D eigenvalue weighted by Gasteiger charge is -2.18. The average Bonchev–Trinajstić information content (AvgIpc) is 2.47. The summed E-state index contributed by atoms with van der Waals surface area (Å²) in [5, 5.41) is 20.3. The van der Waals surface area contributed by atoms with E-state index in [4.69, 9.17) is 5.11 Å². The van der Waals surface area contributed by atoms with Crippen molar-refractivity contribution in [3.63, 3.8) is 0 Å². The number of ether oxygens (including phenoxy) is 1. The van der Waals surface area contributed by atoms with E-state index in [2.05, 4.69) is 13.8 Å². The molecule has 0 aliphatic heterocycles. The molecule has 0 aliphatic rings. The van der Waals surface area contributed by atoms with Gasteiger partial charge in [0, 0.05) is 13.3 Å². The van der Waals surface area contributed by atoms with Crippen molar-refractivity contribution in [1.29, 1.82) is 0 Å². The fourth-order valence-electron chi connectivity index (χ4n) is 1.32. The highest BCUT2D eigenvalue weighted by Gasteiger charge is 2.28. The van der Waals surface area contributed by atoms with Crippen LogP contribution in [-0.4, -0.2) is 64.9 Å². The highest BCUT2D eigenvalue weighted by atomic mass is 31.2. The van der Waals surface area contributed by atoms with Crippen LogP contribution in [0, 0.1) is 0 Å². The molecular formula is C12H22NO10P. The molecule has 0 aromatic heterocycles. The first kappa shape index (κ1) is 22.5. The first-order chi connectivity index (χ1) is 11.1. The first-order valence-corrected chi connectivity index (χ1v) is 8.52. The lowest BCUT2D eigenvalue weighted by Crippen LogP contribution is -2.42. The minimum absolute atomic E-state index is 0.176. The molecule has 11 nitrogen and oxygen atoms in total. The van der Waals surface area contributed by atoms with Gasteiger partial charge in [0.2, 0.25) is 5.91 Å². The zero-order chi connectivity index (χ0) is 18.8. The first-order valence-electron chi connectivity index (χ1n) is 7.02. The number of carbonyl (C=O) groups excluding carboxylic acids is 2. The van der Waals surface area contributed by atoms with Crippen LogP contribution < -0.4 is 5.32 Å². The fourth-order valence-corrected chi connectivity index (χ4v) is 2.09. The molecule has 3 unspecified atom stereocenters. The number of aliphatic carboxylic acids is 1. The largest absolute Gasteiger partial charge is 0.480 e. The maximum absolute atomic E-state index is 11.6. The zero-order valence-electron chi connectivity index (χ0n) is 13.3. The van der Waals surface area contributed by atoms with Crippen LogP contribution in [0.4, 0.5) is 0 Å². The molecule has 24 heavy (non-hydrogen) atoms. The third-order valence-electron chi connectivity index (χ3n) is 2.40. The summed E-state index contributed by atoms with van der Waals surface area (Å²) in [6.07, 6.45) is -0.612. The van der Waals surface area contributed by atoms with Crippen LogP contribution in [0.1, 0.15) is 26.7 Å². The number of aliphatic hydroxyl groups is 1. The summed E-state index contributed by atoms with van der Waals surface area (Å²) in [5.41, 5.74) is 0. The lowest BCUT2D eigenvalue weighted by molar-refractivity contribution is -0.147. The van der Waals surface area contributed by atoms with Crippen molar-refractivity contribution in [3.05, 3.63) is 0 Å². The van der Waals surface area contributed by atoms with E-state index < -0.39 is 57.6 Å². The zero-order valence-corrected chi connectivity index (χ0v) is 14.2. The molecule has 0 saturated carbocycles. The highest BCUT2D eigenvalue weighted by Crippen LogP contribution is 2.43. The SMILES string of the molecule is CCCC(=O)OCC(O)COP(=O)(O)OCC(NC(C)=O)C(=O)O. The van der Waals surface area contributed by atoms with Gasteiger partial charge in [0.05, 0.1) is 13.2 Å². The molecule has 3 atom stereocenters. The van der Waals surface area contributed by atoms with Crippen molar-refractivity contribution in [2.24, 2.45) is 0 Å². The minimum Gasteiger partial charge on any atom is -0.480 e. The van der Waals surface area contributed by atoms with Crippen molar-refractivity contribution in [3.8, 4) is 0 Å². The van der Waals surface area contributed by atoms with E-state index in [0.29, 0.717) is 6.42 Å². The van der Waals surface area contributed by atoms with E-state index in [1.54, 1.807) is 6.92 Å². The molecule has 0 saturated heterocycles. The van der Waals surface area contributed by atoms with Gasteiger partial charge in [0.15, 0.2) is 6.04 Å². The van der Waals surface area contributed by atoms with E-state index in [9.17, 15) is 28.9 Å². The Balaban J connectivity index is 4.24. The predicted molar refractivity (Wildman–Crippen MR) is 78.8 cm³/mol. The molecule has 1 amide bonds. The molecule has 4 N–H and O–H groups in total. The molecule has 0 heterocycles. The van der Waals surface area contributed by atoms with Crippen LogP contribution >= 0.6 is 7.82 Å². The van der Waals surface area contributed by atoms with Gasteiger partial charge in [-0.25, -0.2) is 9.36 Å². The molecule has 0 aliphatic carbocycles. The normalized spacial score (nSPS) is 15.8. The van der Waals surface area contributed by atoms with E-state index >= 15 is 0 Å². The van der Waals surface area contributed by atoms with Crippen molar-refractivity contribution in [1.82, 2.24) is 5.32 Å². The monoisotopic (exact) mass is 371 g/mol. The van der Waals surface area contributed by atoms with Gasteiger partial charge in [-0.3, -0.25) is 18.6 Å². The minimum atomic E-state index is -4.66. The number of esters is 1. The molecule has 0 spiro atoms. The quantitative estimate of drug-likeness (QED) is 0.257. The molecule has 0 fully saturated rings. The topological polar surface area (TPSA) is 169 Å². The van der Waals surface area contributed by atoms with Gasteiger partial charge in [0.25, 0.3) is 0 Å². The Hall–Kier alpha value is -1.52. The summed E-state index contributed by atoms with van der Waals surface area (Å²) >= 11 is 0. The van der Waals surface area contributed by atoms with Gasteiger partial charge in [-0.1, -0.05) is 6.92 Å². The number of carboxylic acids is 1. The highest BCUT2D eigenvalue weighted by molar-refractivity contribution is 7.47. The van der Waals surface area contributed by atoms with Crippen LogP contribution in [0.5, 0.6) is 0 Å². The van der Waals surface area contributed by atoms with E-state index in [0.717, 1.165) is 6.92 Å². The summed E-state index contributed by atoms with van der Waals surface area (Å²) in [6, 6.07) is -1.54. The van der Waals surface area contributed by atoms with Crippen LogP contribution in [0.2, 0.25) is 0 Å². The number of phosphoric ester groups is 1. The maximum Gasteiger partial charge on any atom is 0.472 e. The Morgan fingerprint density at radius 2 is 1.75 bits per heavy atom. The number of amides is 1. The average molecular weight is 371 g/mol. The Labute approximate surface area is 138 Å². The molecule has 0 radical (unpaired) electrons. The van der Waals surface area contributed by atoms with Gasteiger partial charge in [-0.05, 0) is 6.42 Å². The number of carbonyl (C=O) groups is 3. The molecule has 0 bridgehead atoms. The summed E-state index contributed by atoms with van der Waals surface area (Å²) in [5.74, 6) is -2.66. The number of nitrogens with one attached hydrogen (secondary N) is 1. The summed E-state index contributed by atoms with van der Waals surface area (Å²) in [6.45, 7) is 0.921. The summed E-state index contributed by atoms with van der Waals surface area (Å²) < 4.78 is 25.1. The van der Waals surface area contributed by atoms with E-state index in [-0.39, 0.29) is 6.42 Å². The molecule has 0 rings (SSSR count). The summed E-state index contributed by atoms with van der Waals surface area (Å²) in [7, 11) is -4.66. The van der Waals surface area contributed by atoms with E-state index in [1.807, 2.05) is 5.32 Å². The predicted octanol–water partition coefficient (Wildman–Crippen LogP) is -0.586. The van der Waals surface area contributed by atoms with Crippen LogP contribution in [0.15, 0.2) is 0 Å².